The highest BCUT2D eigenvalue weighted by Gasteiger charge is 2.27. The fourth-order valence-corrected chi connectivity index (χ4v) is 4.20. The van der Waals surface area contributed by atoms with E-state index < -0.39 is 0 Å². The van der Waals surface area contributed by atoms with Crippen LogP contribution in [0.1, 0.15) is 46.3 Å². The van der Waals surface area contributed by atoms with Crippen LogP contribution < -0.4 is 10.1 Å². The molecule has 0 bridgehead atoms. The number of methoxy groups -OCH3 is 1. The van der Waals surface area contributed by atoms with Gasteiger partial charge in [0.25, 0.3) is 5.91 Å². The van der Waals surface area contributed by atoms with Crippen LogP contribution in [0.25, 0.3) is 11.0 Å². The lowest BCUT2D eigenvalue weighted by Crippen LogP contribution is -2.30. The summed E-state index contributed by atoms with van der Waals surface area (Å²) in [6, 6.07) is 17.6. The van der Waals surface area contributed by atoms with Crippen molar-refractivity contribution in [2.24, 2.45) is 0 Å². The van der Waals surface area contributed by atoms with Crippen LogP contribution in [0, 0.1) is 0 Å². The molecule has 0 radical (unpaired) electrons. The largest absolute Gasteiger partial charge is 0.493 e. The second-order valence-corrected chi connectivity index (χ2v) is 7.60. The zero-order chi connectivity index (χ0) is 20.5. The van der Waals surface area contributed by atoms with Crippen molar-refractivity contribution in [3.05, 3.63) is 83.4 Å². The van der Waals surface area contributed by atoms with E-state index in [-0.39, 0.29) is 11.9 Å². The third-order valence-electron chi connectivity index (χ3n) is 5.69. The van der Waals surface area contributed by atoms with Crippen LogP contribution in [0.15, 0.2) is 65.2 Å². The van der Waals surface area contributed by atoms with Crippen molar-refractivity contribution in [2.75, 3.05) is 7.11 Å². The topological polar surface area (TPSA) is 69.3 Å². The first-order valence-electron chi connectivity index (χ1n) is 10.2. The molecule has 2 aromatic heterocycles. The van der Waals surface area contributed by atoms with Crippen LogP contribution in [-0.2, 0) is 13.0 Å². The number of furan rings is 1. The summed E-state index contributed by atoms with van der Waals surface area (Å²) < 4.78 is 13.2. The molecule has 0 saturated heterocycles. The maximum absolute atomic E-state index is 12.9. The summed E-state index contributed by atoms with van der Waals surface area (Å²) in [6.45, 7) is 0.736. The molecule has 6 nitrogen and oxygen atoms in total. The van der Waals surface area contributed by atoms with E-state index in [1.807, 2.05) is 42.6 Å². The van der Waals surface area contributed by atoms with Crippen molar-refractivity contribution < 1.29 is 13.9 Å². The Labute approximate surface area is 174 Å². The van der Waals surface area contributed by atoms with Crippen molar-refractivity contribution >= 4 is 16.9 Å². The van der Waals surface area contributed by atoms with Crippen molar-refractivity contribution in [1.82, 2.24) is 15.1 Å². The van der Waals surface area contributed by atoms with Gasteiger partial charge in [0, 0.05) is 16.6 Å². The second kappa shape index (κ2) is 7.71. The first kappa shape index (κ1) is 18.5. The standard InChI is InChI=1S/C24H23N3O3/c1-29-21-12-5-9-17-13-22(30-23(17)21)24(28)26-19-10-6-11-20-18(19)14-25-27(20)15-16-7-3-2-4-8-16/h2-5,7-9,12-14,19H,6,10-11,15H2,1H3,(H,26,28). The smallest absolute Gasteiger partial charge is 0.287 e. The monoisotopic (exact) mass is 401 g/mol. The Balaban J connectivity index is 1.37. The van der Waals surface area contributed by atoms with Gasteiger partial charge in [-0.1, -0.05) is 42.5 Å². The third kappa shape index (κ3) is 3.34. The highest BCUT2D eigenvalue weighted by molar-refractivity contribution is 5.97. The zero-order valence-corrected chi connectivity index (χ0v) is 16.8. The van der Waals surface area contributed by atoms with E-state index in [4.69, 9.17) is 9.15 Å². The molecule has 1 aliphatic carbocycles. The van der Waals surface area contributed by atoms with E-state index in [2.05, 4.69) is 27.2 Å². The molecule has 2 aromatic carbocycles. The van der Waals surface area contributed by atoms with Crippen LogP contribution in [-0.4, -0.2) is 22.8 Å². The van der Waals surface area contributed by atoms with E-state index in [0.717, 1.165) is 36.8 Å². The van der Waals surface area contributed by atoms with Crippen molar-refractivity contribution in [3.63, 3.8) is 0 Å². The van der Waals surface area contributed by atoms with Gasteiger partial charge in [0.1, 0.15) is 0 Å². The van der Waals surface area contributed by atoms with Gasteiger partial charge in [0.2, 0.25) is 0 Å². The minimum absolute atomic E-state index is 0.0686. The molecule has 1 N–H and O–H groups in total. The van der Waals surface area contributed by atoms with Gasteiger partial charge in [-0.25, -0.2) is 0 Å². The number of amides is 1. The molecule has 1 amide bonds. The minimum atomic E-state index is -0.220. The van der Waals surface area contributed by atoms with E-state index in [0.29, 0.717) is 17.1 Å². The van der Waals surface area contributed by atoms with Gasteiger partial charge in [0.15, 0.2) is 17.1 Å². The molecular formula is C24H23N3O3. The molecule has 1 atom stereocenters. The van der Waals surface area contributed by atoms with Crippen LogP contribution >= 0.6 is 0 Å². The SMILES string of the molecule is COc1cccc2cc(C(=O)NC3CCCc4c3cnn4Cc3ccccc3)oc12. The molecule has 0 aliphatic heterocycles. The van der Waals surface area contributed by atoms with Gasteiger partial charge in [-0.05, 0) is 37.0 Å². The fourth-order valence-electron chi connectivity index (χ4n) is 4.20. The number of para-hydroxylation sites is 1. The molecule has 1 unspecified atom stereocenters. The van der Waals surface area contributed by atoms with E-state index in [1.54, 1.807) is 13.2 Å². The molecule has 5 rings (SSSR count). The minimum Gasteiger partial charge on any atom is -0.493 e. The molecule has 0 saturated carbocycles. The Bertz CT molecular complexity index is 1190. The highest BCUT2D eigenvalue weighted by Crippen LogP contribution is 2.32. The van der Waals surface area contributed by atoms with Crippen LogP contribution in [0.5, 0.6) is 5.75 Å². The van der Waals surface area contributed by atoms with E-state index in [9.17, 15) is 4.79 Å². The van der Waals surface area contributed by atoms with Crippen molar-refractivity contribution in [1.29, 1.82) is 0 Å². The van der Waals surface area contributed by atoms with E-state index in [1.165, 1.54) is 11.3 Å². The first-order chi connectivity index (χ1) is 14.7. The van der Waals surface area contributed by atoms with Gasteiger partial charge < -0.3 is 14.5 Å². The number of nitrogens with one attached hydrogen (secondary N) is 1. The average Bonchev–Trinajstić information content (AvgIpc) is 3.39. The molecule has 152 valence electrons. The summed E-state index contributed by atoms with van der Waals surface area (Å²) >= 11 is 0. The van der Waals surface area contributed by atoms with Gasteiger partial charge >= 0.3 is 0 Å². The number of ether oxygens (including phenoxy) is 1. The maximum atomic E-state index is 12.9. The van der Waals surface area contributed by atoms with Crippen molar-refractivity contribution in [3.8, 4) is 5.75 Å². The normalized spacial score (nSPS) is 15.7. The number of fused-ring (bicyclic) bond motifs is 2. The molecule has 0 fully saturated rings. The predicted molar refractivity (Wildman–Crippen MR) is 114 cm³/mol. The Morgan fingerprint density at radius 1 is 1.23 bits per heavy atom. The number of benzene rings is 2. The zero-order valence-electron chi connectivity index (χ0n) is 16.8. The van der Waals surface area contributed by atoms with Crippen LogP contribution in [0.4, 0.5) is 0 Å². The number of carbonyl (C=O) groups excluding carboxylic acids is 1. The number of nitrogens with zero attached hydrogens (tertiary/aromatic N) is 2. The predicted octanol–water partition coefficient (Wildman–Crippen LogP) is 4.49. The molecule has 4 aromatic rings. The van der Waals surface area contributed by atoms with E-state index >= 15 is 0 Å². The summed E-state index contributed by atoms with van der Waals surface area (Å²) in [4.78, 5) is 12.9. The van der Waals surface area contributed by atoms with Crippen LogP contribution in [0.3, 0.4) is 0 Å². The molecule has 1 aliphatic rings. The average molecular weight is 401 g/mol. The summed E-state index contributed by atoms with van der Waals surface area (Å²) in [5.41, 5.74) is 4.09. The lowest BCUT2D eigenvalue weighted by atomic mass is 9.93. The Morgan fingerprint density at radius 3 is 2.93 bits per heavy atom. The highest BCUT2D eigenvalue weighted by atomic mass is 16.5. The molecule has 6 heteroatoms. The number of aromatic nitrogens is 2. The first-order valence-corrected chi connectivity index (χ1v) is 10.2. The lowest BCUT2D eigenvalue weighted by Gasteiger charge is -2.24. The summed E-state index contributed by atoms with van der Waals surface area (Å²) in [7, 11) is 1.59. The van der Waals surface area contributed by atoms with Gasteiger partial charge in [-0.2, -0.15) is 5.10 Å². The molecule has 2 heterocycles. The van der Waals surface area contributed by atoms with Gasteiger partial charge in [-0.15, -0.1) is 0 Å². The second-order valence-electron chi connectivity index (χ2n) is 7.60. The summed E-state index contributed by atoms with van der Waals surface area (Å²) in [5.74, 6) is 0.689. The third-order valence-corrected chi connectivity index (χ3v) is 5.69. The number of hydrogen-bond acceptors (Lipinski definition) is 4. The van der Waals surface area contributed by atoms with Gasteiger partial charge in [0.05, 0.1) is 25.9 Å². The number of rotatable bonds is 5. The lowest BCUT2D eigenvalue weighted by molar-refractivity contribution is 0.0906. The fraction of sp³-hybridized carbons (Fsp3) is 0.250. The number of carbonyl (C=O) groups is 1. The van der Waals surface area contributed by atoms with Crippen LogP contribution in [0.2, 0.25) is 0 Å². The molecular weight excluding hydrogens is 378 g/mol. The quantitative estimate of drug-likeness (QED) is 0.535. The molecule has 0 spiro atoms. The Morgan fingerprint density at radius 2 is 2.10 bits per heavy atom. The summed E-state index contributed by atoms with van der Waals surface area (Å²) in [5, 5.41) is 8.59. The summed E-state index contributed by atoms with van der Waals surface area (Å²) in [6.07, 6.45) is 4.76. The molecule has 30 heavy (non-hydrogen) atoms. The maximum Gasteiger partial charge on any atom is 0.287 e. The number of hydrogen-bond donors (Lipinski definition) is 1. The Kier molecular flexibility index (Phi) is 4.75. The van der Waals surface area contributed by atoms with Crippen molar-refractivity contribution in [2.45, 2.75) is 31.8 Å². The Hall–Kier alpha value is -3.54. The van der Waals surface area contributed by atoms with Gasteiger partial charge in [-0.3, -0.25) is 9.48 Å².